The van der Waals surface area contributed by atoms with E-state index in [1.807, 2.05) is 32.9 Å². The predicted octanol–water partition coefficient (Wildman–Crippen LogP) is 4.46. The molecule has 1 aromatic carbocycles. The van der Waals surface area contributed by atoms with Crippen LogP contribution in [0.25, 0.3) is 0 Å². The third kappa shape index (κ3) is 7.15. The Morgan fingerprint density at radius 1 is 1.21 bits per heavy atom. The Balaban J connectivity index is 1.96. The number of piperidine rings is 1. The number of rotatable bonds is 7. The average Bonchev–Trinajstić information content (AvgIpc) is 2.68. The summed E-state index contributed by atoms with van der Waals surface area (Å²) in [6.45, 7) is 9.25. The maximum atomic E-state index is 12.8. The number of ether oxygens (including phenoxy) is 3. The van der Waals surface area contributed by atoms with Crippen LogP contribution in [0.4, 0.5) is 10.5 Å². The maximum Gasteiger partial charge on any atom is 0.410 e. The minimum absolute atomic E-state index is 0.0672. The van der Waals surface area contributed by atoms with Gasteiger partial charge in [-0.3, -0.25) is 4.79 Å². The highest BCUT2D eigenvalue weighted by Crippen LogP contribution is 2.31. The minimum atomic E-state index is -0.522. The summed E-state index contributed by atoms with van der Waals surface area (Å²) in [7, 11) is 1.59. The van der Waals surface area contributed by atoms with Crippen molar-refractivity contribution in [3.05, 3.63) is 18.2 Å². The fraction of sp³-hybridized carbons (Fsp3) is 0.636. The number of methoxy groups -OCH3 is 1. The maximum absolute atomic E-state index is 12.8. The smallest absolute Gasteiger partial charge is 0.410 e. The molecule has 2 amide bonds. The van der Waals surface area contributed by atoms with Crippen LogP contribution in [-0.4, -0.2) is 49.3 Å². The second-order valence-corrected chi connectivity index (χ2v) is 8.30. The zero-order valence-corrected chi connectivity index (χ0v) is 18.2. The van der Waals surface area contributed by atoms with Gasteiger partial charge in [0.25, 0.3) is 0 Å². The topological polar surface area (TPSA) is 77.1 Å². The Labute approximate surface area is 173 Å². The van der Waals surface area contributed by atoms with Crippen LogP contribution in [0, 0.1) is 5.92 Å². The van der Waals surface area contributed by atoms with Crippen LogP contribution in [0.1, 0.15) is 53.4 Å². The molecule has 1 N–H and O–H groups in total. The number of nitrogens with zero attached hydrogens (tertiary/aromatic N) is 1. The summed E-state index contributed by atoms with van der Waals surface area (Å²) in [5.41, 5.74) is 0.0892. The summed E-state index contributed by atoms with van der Waals surface area (Å²) in [5, 5.41) is 2.99. The molecule has 0 unspecified atom stereocenters. The van der Waals surface area contributed by atoms with Gasteiger partial charge in [-0.05, 0) is 52.2 Å². The van der Waals surface area contributed by atoms with Crippen molar-refractivity contribution < 1.29 is 23.8 Å². The van der Waals surface area contributed by atoms with Crippen LogP contribution in [0.5, 0.6) is 11.5 Å². The Morgan fingerprint density at radius 3 is 2.48 bits per heavy atom. The van der Waals surface area contributed by atoms with E-state index < -0.39 is 5.60 Å². The Hall–Kier alpha value is -2.44. The molecule has 1 aliphatic heterocycles. The summed E-state index contributed by atoms with van der Waals surface area (Å²) in [4.78, 5) is 26.7. The third-order valence-corrected chi connectivity index (χ3v) is 4.72. The number of unbranched alkanes of at least 4 members (excludes halogenated alkanes) is 1. The Kier molecular flexibility index (Phi) is 8.17. The van der Waals surface area contributed by atoms with Crippen LogP contribution in [0.3, 0.4) is 0 Å². The van der Waals surface area contributed by atoms with E-state index in [-0.39, 0.29) is 17.9 Å². The van der Waals surface area contributed by atoms with Crippen molar-refractivity contribution in [2.24, 2.45) is 5.92 Å². The lowest BCUT2D eigenvalue weighted by atomic mass is 9.96. The molecule has 1 aliphatic rings. The highest BCUT2D eigenvalue weighted by atomic mass is 16.6. The summed E-state index contributed by atoms with van der Waals surface area (Å²) in [6.07, 6.45) is 2.86. The fourth-order valence-electron chi connectivity index (χ4n) is 3.07. The van der Waals surface area contributed by atoms with E-state index in [0.717, 1.165) is 12.8 Å². The third-order valence-electron chi connectivity index (χ3n) is 4.72. The Bertz CT molecular complexity index is 691. The van der Waals surface area contributed by atoms with E-state index in [1.54, 1.807) is 18.1 Å². The zero-order chi connectivity index (χ0) is 21.4. The molecule has 1 saturated heterocycles. The number of benzene rings is 1. The van der Waals surface area contributed by atoms with Gasteiger partial charge < -0.3 is 24.4 Å². The van der Waals surface area contributed by atoms with E-state index in [2.05, 4.69) is 12.2 Å². The normalized spacial score (nSPS) is 15.0. The number of hydrogen-bond acceptors (Lipinski definition) is 5. The molecule has 1 fully saturated rings. The number of likely N-dealkylation sites (tertiary alicyclic amines) is 1. The first-order chi connectivity index (χ1) is 13.7. The van der Waals surface area contributed by atoms with Crippen molar-refractivity contribution in [3.63, 3.8) is 0 Å². The molecule has 1 aromatic rings. The lowest BCUT2D eigenvalue weighted by molar-refractivity contribution is -0.121. The minimum Gasteiger partial charge on any atom is -0.497 e. The monoisotopic (exact) mass is 406 g/mol. The number of amides is 2. The summed E-state index contributed by atoms with van der Waals surface area (Å²) < 4.78 is 16.5. The molecule has 7 heteroatoms. The molecule has 1 heterocycles. The van der Waals surface area contributed by atoms with E-state index in [0.29, 0.717) is 49.7 Å². The van der Waals surface area contributed by atoms with Crippen LogP contribution < -0.4 is 14.8 Å². The molecule has 0 aromatic heterocycles. The number of carbonyl (C=O) groups is 2. The predicted molar refractivity (Wildman–Crippen MR) is 113 cm³/mol. The van der Waals surface area contributed by atoms with Crippen LogP contribution in [0.15, 0.2) is 18.2 Å². The van der Waals surface area contributed by atoms with Crippen LogP contribution in [-0.2, 0) is 9.53 Å². The van der Waals surface area contributed by atoms with Gasteiger partial charge in [0.2, 0.25) is 5.91 Å². The molecule has 0 radical (unpaired) electrons. The average molecular weight is 407 g/mol. The summed E-state index contributed by atoms with van der Waals surface area (Å²) >= 11 is 0. The standard InChI is InChI=1S/C22H34N2O5/c1-6-7-14-28-19-9-8-17(27-5)15-18(19)23-20(25)16-10-12-24(13-11-16)21(26)29-22(2,3)4/h8-9,15-16H,6-7,10-14H2,1-5H3,(H,23,25). The van der Waals surface area contributed by atoms with Crippen molar-refractivity contribution in [2.75, 3.05) is 32.1 Å². The number of nitrogens with one attached hydrogen (secondary N) is 1. The molecular weight excluding hydrogens is 372 g/mol. The second kappa shape index (κ2) is 10.4. The first-order valence-electron chi connectivity index (χ1n) is 10.3. The van der Waals surface area contributed by atoms with Gasteiger partial charge in [0.1, 0.15) is 17.1 Å². The Morgan fingerprint density at radius 2 is 1.90 bits per heavy atom. The van der Waals surface area contributed by atoms with Crippen molar-refractivity contribution in [1.29, 1.82) is 0 Å². The number of hydrogen-bond donors (Lipinski definition) is 1. The fourth-order valence-corrected chi connectivity index (χ4v) is 3.07. The first kappa shape index (κ1) is 22.8. The summed E-state index contributed by atoms with van der Waals surface area (Å²) in [5.74, 6) is 1.06. The van der Waals surface area contributed by atoms with Crippen LogP contribution >= 0.6 is 0 Å². The molecular formula is C22H34N2O5. The van der Waals surface area contributed by atoms with E-state index in [1.165, 1.54) is 0 Å². The van der Waals surface area contributed by atoms with E-state index >= 15 is 0 Å². The molecule has 0 atom stereocenters. The molecule has 0 aliphatic carbocycles. The highest BCUT2D eigenvalue weighted by Gasteiger charge is 2.30. The van der Waals surface area contributed by atoms with E-state index in [9.17, 15) is 9.59 Å². The van der Waals surface area contributed by atoms with Crippen molar-refractivity contribution in [1.82, 2.24) is 4.90 Å². The van der Waals surface area contributed by atoms with Crippen LogP contribution in [0.2, 0.25) is 0 Å². The largest absolute Gasteiger partial charge is 0.497 e. The number of anilines is 1. The molecule has 0 bridgehead atoms. The van der Waals surface area contributed by atoms with Gasteiger partial charge in [0.15, 0.2) is 0 Å². The van der Waals surface area contributed by atoms with Gasteiger partial charge in [-0.25, -0.2) is 4.79 Å². The SMILES string of the molecule is CCCCOc1ccc(OC)cc1NC(=O)C1CCN(C(=O)OC(C)(C)C)CC1. The van der Waals surface area contributed by atoms with Gasteiger partial charge in [0.05, 0.1) is 19.4 Å². The number of carbonyl (C=O) groups excluding carboxylic acids is 2. The van der Waals surface area contributed by atoms with Gasteiger partial charge in [0, 0.05) is 25.1 Å². The molecule has 2 rings (SSSR count). The lowest BCUT2D eigenvalue weighted by Gasteiger charge is -2.33. The van der Waals surface area contributed by atoms with Crippen molar-refractivity contribution >= 4 is 17.7 Å². The van der Waals surface area contributed by atoms with E-state index in [4.69, 9.17) is 14.2 Å². The zero-order valence-electron chi connectivity index (χ0n) is 18.2. The van der Waals surface area contributed by atoms with Crippen molar-refractivity contribution in [3.8, 4) is 11.5 Å². The molecule has 7 nitrogen and oxygen atoms in total. The lowest BCUT2D eigenvalue weighted by Crippen LogP contribution is -2.43. The second-order valence-electron chi connectivity index (χ2n) is 8.30. The van der Waals surface area contributed by atoms with Crippen molar-refractivity contribution in [2.45, 2.75) is 59.0 Å². The molecule has 162 valence electrons. The first-order valence-corrected chi connectivity index (χ1v) is 10.3. The highest BCUT2D eigenvalue weighted by molar-refractivity contribution is 5.94. The van der Waals surface area contributed by atoms with Gasteiger partial charge in [-0.1, -0.05) is 13.3 Å². The quantitative estimate of drug-likeness (QED) is 0.677. The molecule has 29 heavy (non-hydrogen) atoms. The van der Waals surface area contributed by atoms with Gasteiger partial charge in [-0.15, -0.1) is 0 Å². The molecule has 0 saturated carbocycles. The van der Waals surface area contributed by atoms with Gasteiger partial charge in [-0.2, -0.15) is 0 Å². The van der Waals surface area contributed by atoms with Gasteiger partial charge >= 0.3 is 6.09 Å². The molecule has 0 spiro atoms. The summed E-state index contributed by atoms with van der Waals surface area (Å²) in [6, 6.07) is 5.40.